The summed E-state index contributed by atoms with van der Waals surface area (Å²) in [4.78, 5) is 4.84. The van der Waals surface area contributed by atoms with Crippen LogP contribution in [0.25, 0.3) is 0 Å². The molecule has 3 heteroatoms. The smallest absolute Gasteiger partial charge is 0.0638 e. The van der Waals surface area contributed by atoms with Crippen molar-refractivity contribution >= 4 is 0 Å². The van der Waals surface area contributed by atoms with Crippen molar-refractivity contribution in [2.45, 2.75) is 38.6 Å². The van der Waals surface area contributed by atoms with Crippen LogP contribution in [0.1, 0.15) is 32.6 Å². The lowest BCUT2D eigenvalue weighted by Gasteiger charge is -2.23. The van der Waals surface area contributed by atoms with Crippen LogP contribution in [0.15, 0.2) is 0 Å². The molecule has 15 heavy (non-hydrogen) atoms. The van der Waals surface area contributed by atoms with Crippen LogP contribution in [0.2, 0.25) is 0 Å². The van der Waals surface area contributed by atoms with Crippen LogP contribution < -0.4 is 0 Å². The summed E-state index contributed by atoms with van der Waals surface area (Å²) in [5, 5.41) is 8.60. The van der Waals surface area contributed by atoms with Gasteiger partial charge >= 0.3 is 0 Å². The van der Waals surface area contributed by atoms with Gasteiger partial charge in [-0.25, -0.2) is 0 Å². The third-order valence-electron chi connectivity index (χ3n) is 3.32. The second kappa shape index (κ2) is 6.81. The predicted molar refractivity (Wildman–Crippen MR) is 62.6 cm³/mol. The molecule has 1 fully saturated rings. The first-order chi connectivity index (χ1) is 7.24. The number of nitriles is 1. The van der Waals surface area contributed by atoms with Crippen LogP contribution >= 0.6 is 0 Å². The maximum Gasteiger partial charge on any atom is 0.0638 e. The van der Waals surface area contributed by atoms with Gasteiger partial charge in [-0.2, -0.15) is 5.26 Å². The summed E-state index contributed by atoms with van der Waals surface area (Å²) in [7, 11) is 2.12. The van der Waals surface area contributed by atoms with Gasteiger partial charge in [0.25, 0.3) is 0 Å². The van der Waals surface area contributed by atoms with Crippen LogP contribution in [0.4, 0.5) is 0 Å². The SMILES string of the molecule is CC(CC#N)N(C)CCCN1CCCC1. The van der Waals surface area contributed by atoms with Gasteiger partial charge in [-0.05, 0) is 59.4 Å². The maximum absolute atomic E-state index is 8.60. The molecule has 0 aromatic heterocycles. The summed E-state index contributed by atoms with van der Waals surface area (Å²) in [6.45, 7) is 7.04. The van der Waals surface area contributed by atoms with Gasteiger partial charge in [0.1, 0.15) is 0 Å². The Morgan fingerprint density at radius 1 is 1.40 bits per heavy atom. The van der Waals surface area contributed by atoms with E-state index in [9.17, 15) is 0 Å². The van der Waals surface area contributed by atoms with E-state index in [1.165, 1.54) is 38.9 Å². The Balaban J connectivity index is 2.05. The van der Waals surface area contributed by atoms with Gasteiger partial charge in [0.05, 0.1) is 12.5 Å². The molecule has 1 unspecified atom stereocenters. The minimum absolute atomic E-state index is 0.397. The predicted octanol–water partition coefficient (Wildman–Crippen LogP) is 1.71. The largest absolute Gasteiger partial charge is 0.303 e. The van der Waals surface area contributed by atoms with Crippen molar-refractivity contribution in [3.63, 3.8) is 0 Å². The van der Waals surface area contributed by atoms with Gasteiger partial charge in [0, 0.05) is 6.04 Å². The van der Waals surface area contributed by atoms with Crippen LogP contribution in [0, 0.1) is 11.3 Å². The molecule has 0 amide bonds. The molecule has 0 aliphatic carbocycles. The molecule has 0 radical (unpaired) electrons. The van der Waals surface area contributed by atoms with E-state index in [1.807, 2.05) is 0 Å². The van der Waals surface area contributed by atoms with E-state index >= 15 is 0 Å². The molecule has 0 saturated carbocycles. The molecule has 0 bridgehead atoms. The normalized spacial score (nSPS) is 19.3. The average molecular weight is 209 g/mol. The Bertz CT molecular complexity index is 203. The zero-order chi connectivity index (χ0) is 11.1. The first-order valence-corrected chi connectivity index (χ1v) is 6.03. The van der Waals surface area contributed by atoms with Crippen molar-refractivity contribution in [3.8, 4) is 6.07 Å². The number of hydrogen-bond donors (Lipinski definition) is 0. The Morgan fingerprint density at radius 3 is 2.67 bits per heavy atom. The molecule has 0 aromatic rings. The highest BCUT2D eigenvalue weighted by Crippen LogP contribution is 2.08. The van der Waals surface area contributed by atoms with Gasteiger partial charge in [-0.3, -0.25) is 0 Å². The Kier molecular flexibility index (Phi) is 5.67. The van der Waals surface area contributed by atoms with E-state index in [1.54, 1.807) is 0 Å². The lowest BCUT2D eigenvalue weighted by molar-refractivity contribution is 0.236. The summed E-state index contributed by atoms with van der Waals surface area (Å²) in [5.41, 5.74) is 0. The Hall–Kier alpha value is -0.590. The highest BCUT2D eigenvalue weighted by atomic mass is 15.2. The fourth-order valence-electron chi connectivity index (χ4n) is 2.06. The molecule has 1 atom stereocenters. The Labute approximate surface area is 93.7 Å². The van der Waals surface area contributed by atoms with Gasteiger partial charge < -0.3 is 9.80 Å². The number of nitrogens with zero attached hydrogens (tertiary/aromatic N) is 3. The second-order valence-corrected chi connectivity index (χ2v) is 4.59. The summed E-state index contributed by atoms with van der Waals surface area (Å²) < 4.78 is 0. The van der Waals surface area contributed by atoms with Crippen molar-refractivity contribution in [1.29, 1.82) is 5.26 Å². The minimum Gasteiger partial charge on any atom is -0.303 e. The van der Waals surface area contributed by atoms with Crippen molar-refractivity contribution in [3.05, 3.63) is 0 Å². The van der Waals surface area contributed by atoms with Crippen molar-refractivity contribution < 1.29 is 0 Å². The van der Waals surface area contributed by atoms with E-state index in [-0.39, 0.29) is 0 Å². The van der Waals surface area contributed by atoms with E-state index in [0.717, 1.165) is 6.54 Å². The molecular formula is C12H23N3. The standard InChI is InChI=1S/C12H23N3/c1-12(6-7-13)14(2)8-5-11-15-9-3-4-10-15/h12H,3-6,8-11H2,1-2H3. The Morgan fingerprint density at radius 2 is 2.07 bits per heavy atom. The first-order valence-electron chi connectivity index (χ1n) is 6.03. The monoisotopic (exact) mass is 209 g/mol. The molecular weight excluding hydrogens is 186 g/mol. The fourth-order valence-corrected chi connectivity index (χ4v) is 2.06. The van der Waals surface area contributed by atoms with Crippen molar-refractivity contribution in [1.82, 2.24) is 9.80 Å². The molecule has 3 nitrogen and oxygen atoms in total. The molecule has 1 aliphatic heterocycles. The van der Waals surface area contributed by atoms with Crippen LogP contribution in [-0.2, 0) is 0 Å². The summed E-state index contributed by atoms with van der Waals surface area (Å²) in [6.07, 6.45) is 4.62. The third-order valence-corrected chi connectivity index (χ3v) is 3.32. The summed E-state index contributed by atoms with van der Waals surface area (Å²) in [5.74, 6) is 0. The molecule has 0 aromatic carbocycles. The van der Waals surface area contributed by atoms with Gasteiger partial charge in [-0.15, -0.1) is 0 Å². The van der Waals surface area contributed by atoms with Crippen LogP contribution in [0.5, 0.6) is 0 Å². The molecule has 1 saturated heterocycles. The lowest BCUT2D eigenvalue weighted by Crippen LogP contribution is -2.32. The van der Waals surface area contributed by atoms with E-state index in [2.05, 4.69) is 29.8 Å². The lowest BCUT2D eigenvalue weighted by atomic mass is 10.2. The van der Waals surface area contributed by atoms with E-state index < -0.39 is 0 Å². The second-order valence-electron chi connectivity index (χ2n) is 4.59. The van der Waals surface area contributed by atoms with Crippen molar-refractivity contribution in [2.75, 3.05) is 33.2 Å². The van der Waals surface area contributed by atoms with Crippen LogP contribution in [0.3, 0.4) is 0 Å². The number of likely N-dealkylation sites (tertiary alicyclic amines) is 1. The maximum atomic E-state index is 8.60. The average Bonchev–Trinajstić information content (AvgIpc) is 2.71. The zero-order valence-corrected chi connectivity index (χ0v) is 10.1. The number of hydrogen-bond acceptors (Lipinski definition) is 3. The van der Waals surface area contributed by atoms with Gasteiger partial charge in [-0.1, -0.05) is 0 Å². The van der Waals surface area contributed by atoms with E-state index in [0.29, 0.717) is 12.5 Å². The first kappa shape index (κ1) is 12.5. The molecule has 1 rings (SSSR count). The number of rotatable bonds is 6. The quantitative estimate of drug-likeness (QED) is 0.667. The fraction of sp³-hybridized carbons (Fsp3) is 0.917. The van der Waals surface area contributed by atoms with Gasteiger partial charge in [0.15, 0.2) is 0 Å². The minimum atomic E-state index is 0.397. The molecule has 0 spiro atoms. The topological polar surface area (TPSA) is 30.3 Å². The van der Waals surface area contributed by atoms with E-state index in [4.69, 9.17) is 5.26 Å². The summed E-state index contributed by atoms with van der Waals surface area (Å²) >= 11 is 0. The van der Waals surface area contributed by atoms with Crippen molar-refractivity contribution in [2.24, 2.45) is 0 Å². The highest BCUT2D eigenvalue weighted by Gasteiger charge is 2.12. The summed E-state index contributed by atoms with van der Waals surface area (Å²) in [6, 6.07) is 2.62. The molecule has 1 heterocycles. The third kappa shape index (κ3) is 4.63. The van der Waals surface area contributed by atoms with Crippen LogP contribution in [-0.4, -0.2) is 49.1 Å². The molecule has 86 valence electrons. The molecule has 0 N–H and O–H groups in total. The highest BCUT2D eigenvalue weighted by molar-refractivity contribution is 4.78. The van der Waals surface area contributed by atoms with Gasteiger partial charge in [0.2, 0.25) is 0 Å². The molecule has 1 aliphatic rings. The zero-order valence-electron chi connectivity index (χ0n) is 10.1.